The van der Waals surface area contributed by atoms with Crippen LogP contribution in [0.15, 0.2) is 171 Å². The Morgan fingerprint density at radius 2 is 0.959 bits per heavy atom. The Labute approximate surface area is 280 Å². The van der Waals surface area contributed by atoms with Gasteiger partial charge in [-0.3, -0.25) is 0 Å². The summed E-state index contributed by atoms with van der Waals surface area (Å²) in [7, 11) is 0. The molecule has 0 unspecified atom stereocenters. The molecule has 0 bridgehead atoms. The molecule has 3 heteroatoms. The van der Waals surface area contributed by atoms with E-state index in [9.17, 15) is 0 Å². The molecule has 0 aliphatic carbocycles. The highest BCUT2D eigenvalue weighted by molar-refractivity contribution is 6.26. The average molecular weight is 627 g/mol. The SMILES string of the molecule is c1ccc(-c2cc3ccc4oc5c(-c6c7ccccc7c(-c7ccc8oc9ccccc9c8c7)c7ccccc67)cccc5c4c3o2)cc1. The summed E-state index contributed by atoms with van der Waals surface area (Å²) in [4.78, 5) is 0. The van der Waals surface area contributed by atoms with Gasteiger partial charge in [0.05, 0.1) is 5.39 Å². The first-order valence-electron chi connectivity index (χ1n) is 16.6. The lowest BCUT2D eigenvalue weighted by Gasteiger charge is -2.18. The van der Waals surface area contributed by atoms with Crippen LogP contribution in [-0.4, -0.2) is 0 Å². The Bertz CT molecular complexity index is 3040. The van der Waals surface area contributed by atoms with E-state index in [2.05, 4.69) is 127 Å². The van der Waals surface area contributed by atoms with Gasteiger partial charge in [-0.05, 0) is 69.1 Å². The average Bonchev–Trinajstić information content (AvgIpc) is 3.87. The van der Waals surface area contributed by atoms with Gasteiger partial charge in [-0.25, -0.2) is 0 Å². The number of benzene rings is 8. The third kappa shape index (κ3) is 3.78. The smallest absolute Gasteiger partial charge is 0.146 e. The van der Waals surface area contributed by atoms with Crippen molar-refractivity contribution < 1.29 is 13.3 Å². The first kappa shape index (κ1) is 26.5. The third-order valence-electron chi connectivity index (χ3n) is 10.1. The number of rotatable bonds is 3. The van der Waals surface area contributed by atoms with Gasteiger partial charge in [-0.15, -0.1) is 0 Å². The lowest BCUT2D eigenvalue weighted by molar-refractivity contribution is 0.633. The molecule has 11 aromatic rings. The molecule has 0 saturated heterocycles. The minimum atomic E-state index is 0.815. The Morgan fingerprint density at radius 1 is 0.327 bits per heavy atom. The van der Waals surface area contributed by atoms with Crippen LogP contribution in [0.2, 0.25) is 0 Å². The summed E-state index contributed by atoms with van der Waals surface area (Å²) in [5, 5.41) is 10.1. The lowest BCUT2D eigenvalue weighted by atomic mass is 9.85. The van der Waals surface area contributed by atoms with E-state index in [1.165, 1.54) is 27.1 Å². The molecule has 0 saturated carbocycles. The summed E-state index contributed by atoms with van der Waals surface area (Å²) in [6.45, 7) is 0. The number of fused-ring (bicyclic) bond motifs is 10. The maximum atomic E-state index is 6.78. The molecule has 0 fully saturated rings. The number of hydrogen-bond acceptors (Lipinski definition) is 3. The highest BCUT2D eigenvalue weighted by Gasteiger charge is 2.22. The van der Waals surface area contributed by atoms with Gasteiger partial charge < -0.3 is 13.3 Å². The van der Waals surface area contributed by atoms with Crippen LogP contribution in [-0.2, 0) is 0 Å². The van der Waals surface area contributed by atoms with Gasteiger partial charge in [-0.2, -0.15) is 0 Å². The summed E-state index contributed by atoms with van der Waals surface area (Å²) in [6, 6.07) is 55.4. The number of furan rings is 3. The van der Waals surface area contributed by atoms with Crippen LogP contribution in [0.5, 0.6) is 0 Å². The zero-order valence-corrected chi connectivity index (χ0v) is 26.2. The van der Waals surface area contributed by atoms with Gasteiger partial charge in [0.15, 0.2) is 0 Å². The molecule has 0 radical (unpaired) electrons. The fraction of sp³-hybridized carbons (Fsp3) is 0. The second-order valence-electron chi connectivity index (χ2n) is 12.8. The minimum absolute atomic E-state index is 0.815. The van der Waals surface area contributed by atoms with Crippen LogP contribution in [0.25, 0.3) is 110 Å². The summed E-state index contributed by atoms with van der Waals surface area (Å²) in [5.74, 6) is 0.850. The molecule has 0 aliphatic heterocycles. The zero-order chi connectivity index (χ0) is 32.1. The number of para-hydroxylation sites is 2. The van der Waals surface area contributed by atoms with Crippen molar-refractivity contribution in [2.45, 2.75) is 0 Å². The maximum absolute atomic E-state index is 6.78. The van der Waals surface area contributed by atoms with Crippen molar-refractivity contribution in [1.82, 2.24) is 0 Å². The molecular weight excluding hydrogens is 601 g/mol. The Morgan fingerprint density at radius 3 is 1.73 bits per heavy atom. The Hall–Kier alpha value is -6.58. The van der Waals surface area contributed by atoms with Crippen molar-refractivity contribution in [1.29, 1.82) is 0 Å². The second-order valence-corrected chi connectivity index (χ2v) is 12.8. The van der Waals surface area contributed by atoms with Crippen LogP contribution in [0, 0.1) is 0 Å². The molecule has 0 N–H and O–H groups in total. The van der Waals surface area contributed by atoms with Gasteiger partial charge in [0.2, 0.25) is 0 Å². The van der Waals surface area contributed by atoms with E-state index >= 15 is 0 Å². The normalized spacial score (nSPS) is 12.1. The molecule has 3 heterocycles. The molecule has 228 valence electrons. The highest BCUT2D eigenvalue weighted by atomic mass is 16.3. The molecule has 3 aromatic heterocycles. The second kappa shape index (κ2) is 9.96. The van der Waals surface area contributed by atoms with Crippen LogP contribution < -0.4 is 0 Å². The Balaban J connectivity index is 1.20. The van der Waals surface area contributed by atoms with E-state index < -0.39 is 0 Å². The number of hydrogen-bond donors (Lipinski definition) is 0. The van der Waals surface area contributed by atoms with Gasteiger partial charge in [-0.1, -0.05) is 121 Å². The molecular formula is C46H26O3. The van der Waals surface area contributed by atoms with E-state index in [0.29, 0.717) is 0 Å². The van der Waals surface area contributed by atoms with Crippen molar-refractivity contribution in [2.24, 2.45) is 0 Å². The van der Waals surface area contributed by atoms with Crippen molar-refractivity contribution >= 4 is 76.4 Å². The van der Waals surface area contributed by atoms with Crippen molar-refractivity contribution in [3.8, 4) is 33.6 Å². The topological polar surface area (TPSA) is 39.4 Å². The van der Waals surface area contributed by atoms with Gasteiger partial charge in [0.1, 0.15) is 33.7 Å². The van der Waals surface area contributed by atoms with Crippen molar-refractivity contribution in [3.63, 3.8) is 0 Å². The van der Waals surface area contributed by atoms with E-state index in [0.717, 1.165) is 82.9 Å². The fourth-order valence-electron chi connectivity index (χ4n) is 7.93. The standard InChI is InChI=1S/C46H26O3/c1-2-11-27(12-3-1)41-26-29-22-24-40-44(45(29)49-41)36-19-10-18-35(46(36)48-40)43-33-16-6-4-14-31(33)42(32-15-5-7-17-34(32)43)28-21-23-39-37(25-28)30-13-8-9-20-38(30)47-39/h1-26H. The third-order valence-corrected chi connectivity index (χ3v) is 10.1. The van der Waals surface area contributed by atoms with E-state index in [1.54, 1.807) is 0 Å². The summed E-state index contributed by atoms with van der Waals surface area (Å²) in [6.07, 6.45) is 0. The molecule has 8 aromatic carbocycles. The molecule has 0 aliphatic rings. The van der Waals surface area contributed by atoms with E-state index in [4.69, 9.17) is 13.3 Å². The maximum Gasteiger partial charge on any atom is 0.146 e. The largest absolute Gasteiger partial charge is 0.456 e. The van der Waals surface area contributed by atoms with Crippen LogP contribution in [0.3, 0.4) is 0 Å². The van der Waals surface area contributed by atoms with Gasteiger partial charge >= 0.3 is 0 Å². The molecule has 49 heavy (non-hydrogen) atoms. The quantitative estimate of drug-likeness (QED) is 0.183. The molecule has 3 nitrogen and oxygen atoms in total. The fourth-order valence-corrected chi connectivity index (χ4v) is 7.93. The van der Waals surface area contributed by atoms with E-state index in [1.807, 2.05) is 30.3 Å². The first-order valence-corrected chi connectivity index (χ1v) is 16.6. The lowest BCUT2D eigenvalue weighted by Crippen LogP contribution is -1.91. The summed E-state index contributed by atoms with van der Waals surface area (Å²) in [5.41, 5.74) is 9.97. The molecule has 0 amide bonds. The summed E-state index contributed by atoms with van der Waals surface area (Å²) < 4.78 is 19.5. The summed E-state index contributed by atoms with van der Waals surface area (Å²) >= 11 is 0. The van der Waals surface area contributed by atoms with Crippen molar-refractivity contribution in [3.05, 3.63) is 158 Å². The molecule has 0 spiro atoms. The predicted molar refractivity (Wildman–Crippen MR) is 202 cm³/mol. The van der Waals surface area contributed by atoms with Crippen LogP contribution >= 0.6 is 0 Å². The van der Waals surface area contributed by atoms with Crippen molar-refractivity contribution in [2.75, 3.05) is 0 Å². The molecule has 11 rings (SSSR count). The highest BCUT2D eigenvalue weighted by Crippen LogP contribution is 2.48. The van der Waals surface area contributed by atoms with Gasteiger partial charge in [0, 0.05) is 38.2 Å². The minimum Gasteiger partial charge on any atom is -0.456 e. The first-order chi connectivity index (χ1) is 24.3. The zero-order valence-electron chi connectivity index (χ0n) is 26.2. The Kier molecular flexibility index (Phi) is 5.38. The van der Waals surface area contributed by atoms with Crippen LogP contribution in [0.4, 0.5) is 0 Å². The van der Waals surface area contributed by atoms with Crippen LogP contribution in [0.1, 0.15) is 0 Å². The van der Waals surface area contributed by atoms with E-state index in [-0.39, 0.29) is 0 Å². The van der Waals surface area contributed by atoms with Gasteiger partial charge in [0.25, 0.3) is 0 Å². The monoisotopic (exact) mass is 626 g/mol. The predicted octanol–water partition coefficient (Wildman–Crippen LogP) is 13.5. The molecule has 0 atom stereocenters.